The highest BCUT2D eigenvalue weighted by Crippen LogP contribution is 2.16. The number of carbonyl (C=O) groups is 1. The van der Waals surface area contributed by atoms with Crippen LogP contribution in [0.4, 0.5) is 5.69 Å². The molecule has 14 heavy (non-hydrogen) atoms. The molecule has 5 heteroatoms. The molecule has 0 bridgehead atoms. The van der Waals surface area contributed by atoms with Crippen LogP contribution in [0.2, 0.25) is 5.15 Å². The number of anilines is 1. The molecular formula is C9H12ClN3O. The molecule has 1 aromatic rings. The molecule has 0 aliphatic carbocycles. The second kappa shape index (κ2) is 4.39. The molecule has 0 saturated carbocycles. The molecule has 1 heterocycles. The zero-order valence-electron chi connectivity index (χ0n) is 8.04. The van der Waals surface area contributed by atoms with Gasteiger partial charge in [-0.3, -0.25) is 4.79 Å². The Bertz CT molecular complexity index is 352. The number of amides is 1. The van der Waals surface area contributed by atoms with E-state index in [4.69, 9.17) is 17.3 Å². The van der Waals surface area contributed by atoms with Gasteiger partial charge in [-0.1, -0.05) is 11.6 Å². The van der Waals surface area contributed by atoms with Gasteiger partial charge in [-0.2, -0.15) is 0 Å². The van der Waals surface area contributed by atoms with Gasteiger partial charge < -0.3 is 11.1 Å². The average molecular weight is 214 g/mol. The standard InChI is InChI=1S/C9H12ClN3O/c1-5-3-8(10)12-4-7(5)13-9(14)6(2)11/h3-4,6H,11H2,1-2H3,(H,13,14). The summed E-state index contributed by atoms with van der Waals surface area (Å²) in [7, 11) is 0. The summed E-state index contributed by atoms with van der Waals surface area (Å²) in [5, 5.41) is 3.06. The van der Waals surface area contributed by atoms with Crippen molar-refractivity contribution in [2.45, 2.75) is 19.9 Å². The quantitative estimate of drug-likeness (QED) is 0.729. The van der Waals surface area contributed by atoms with E-state index in [0.29, 0.717) is 10.8 Å². The fraction of sp³-hybridized carbons (Fsp3) is 0.333. The lowest BCUT2D eigenvalue weighted by Crippen LogP contribution is -2.32. The van der Waals surface area contributed by atoms with Crippen molar-refractivity contribution < 1.29 is 4.79 Å². The third kappa shape index (κ3) is 2.68. The van der Waals surface area contributed by atoms with Gasteiger partial charge in [0.15, 0.2) is 0 Å². The summed E-state index contributed by atoms with van der Waals surface area (Å²) < 4.78 is 0. The fourth-order valence-electron chi connectivity index (χ4n) is 0.899. The molecule has 0 spiro atoms. The molecule has 1 atom stereocenters. The van der Waals surface area contributed by atoms with Crippen LogP contribution < -0.4 is 11.1 Å². The monoisotopic (exact) mass is 213 g/mol. The number of nitrogens with two attached hydrogens (primary N) is 1. The number of hydrogen-bond donors (Lipinski definition) is 2. The number of carbonyl (C=O) groups excluding carboxylic acids is 1. The summed E-state index contributed by atoms with van der Waals surface area (Å²) in [6.45, 7) is 3.46. The van der Waals surface area contributed by atoms with Gasteiger partial charge in [0.05, 0.1) is 17.9 Å². The van der Waals surface area contributed by atoms with Crippen LogP contribution in [0.25, 0.3) is 0 Å². The van der Waals surface area contributed by atoms with E-state index in [1.165, 1.54) is 6.20 Å². The summed E-state index contributed by atoms with van der Waals surface area (Å²) in [6.07, 6.45) is 1.51. The van der Waals surface area contributed by atoms with Gasteiger partial charge in [-0.05, 0) is 25.5 Å². The van der Waals surface area contributed by atoms with Crippen LogP contribution in [0.15, 0.2) is 12.3 Å². The minimum atomic E-state index is -0.537. The van der Waals surface area contributed by atoms with Crippen LogP contribution in [0.3, 0.4) is 0 Å². The van der Waals surface area contributed by atoms with Crippen molar-refractivity contribution in [3.63, 3.8) is 0 Å². The lowest BCUT2D eigenvalue weighted by molar-refractivity contribution is -0.117. The van der Waals surface area contributed by atoms with Crippen LogP contribution in [0, 0.1) is 6.92 Å². The highest BCUT2D eigenvalue weighted by molar-refractivity contribution is 6.29. The Morgan fingerprint density at radius 2 is 2.36 bits per heavy atom. The zero-order chi connectivity index (χ0) is 10.7. The van der Waals surface area contributed by atoms with E-state index in [9.17, 15) is 4.79 Å². The van der Waals surface area contributed by atoms with Crippen molar-refractivity contribution in [1.82, 2.24) is 4.98 Å². The van der Waals surface area contributed by atoms with Crippen LogP contribution in [-0.4, -0.2) is 16.9 Å². The van der Waals surface area contributed by atoms with Gasteiger partial charge >= 0.3 is 0 Å². The van der Waals surface area contributed by atoms with Crippen LogP contribution in [0.5, 0.6) is 0 Å². The summed E-state index contributed by atoms with van der Waals surface area (Å²) in [6, 6.07) is 1.14. The third-order valence-corrected chi connectivity index (χ3v) is 1.96. The predicted octanol–water partition coefficient (Wildman–Crippen LogP) is 1.33. The highest BCUT2D eigenvalue weighted by atomic mass is 35.5. The van der Waals surface area contributed by atoms with Crippen molar-refractivity contribution in [2.75, 3.05) is 5.32 Å². The van der Waals surface area contributed by atoms with Gasteiger partial charge in [0.1, 0.15) is 5.15 Å². The van der Waals surface area contributed by atoms with Gasteiger partial charge in [0.2, 0.25) is 5.91 Å². The lowest BCUT2D eigenvalue weighted by Gasteiger charge is -2.09. The Morgan fingerprint density at radius 3 is 2.86 bits per heavy atom. The zero-order valence-corrected chi connectivity index (χ0v) is 8.80. The topological polar surface area (TPSA) is 68.0 Å². The first-order valence-corrected chi connectivity index (χ1v) is 4.57. The number of aryl methyl sites for hydroxylation is 1. The second-order valence-electron chi connectivity index (χ2n) is 3.10. The molecule has 0 aliphatic heterocycles. The largest absolute Gasteiger partial charge is 0.323 e. The number of nitrogens with zero attached hydrogens (tertiary/aromatic N) is 1. The summed E-state index contributed by atoms with van der Waals surface area (Å²) >= 11 is 5.67. The number of pyridine rings is 1. The summed E-state index contributed by atoms with van der Waals surface area (Å²) in [5.74, 6) is -0.239. The SMILES string of the molecule is Cc1cc(Cl)ncc1NC(=O)C(C)N. The summed E-state index contributed by atoms with van der Waals surface area (Å²) in [4.78, 5) is 15.1. The normalized spacial score (nSPS) is 12.3. The van der Waals surface area contributed by atoms with Gasteiger partial charge in [0, 0.05) is 0 Å². The van der Waals surface area contributed by atoms with E-state index >= 15 is 0 Å². The van der Waals surface area contributed by atoms with Crippen molar-refractivity contribution in [3.8, 4) is 0 Å². The Balaban J connectivity index is 2.82. The Kier molecular flexibility index (Phi) is 3.43. The van der Waals surface area contributed by atoms with E-state index < -0.39 is 6.04 Å². The van der Waals surface area contributed by atoms with Gasteiger partial charge in [0.25, 0.3) is 0 Å². The van der Waals surface area contributed by atoms with E-state index in [-0.39, 0.29) is 5.91 Å². The minimum absolute atomic E-state index is 0.239. The Labute approximate surface area is 87.5 Å². The second-order valence-corrected chi connectivity index (χ2v) is 3.49. The molecule has 0 radical (unpaired) electrons. The summed E-state index contributed by atoms with van der Waals surface area (Å²) in [5.41, 5.74) is 6.90. The molecule has 0 saturated heterocycles. The maximum absolute atomic E-state index is 11.3. The Morgan fingerprint density at radius 1 is 1.71 bits per heavy atom. The van der Waals surface area contributed by atoms with Gasteiger partial charge in [-0.15, -0.1) is 0 Å². The smallest absolute Gasteiger partial charge is 0.241 e. The van der Waals surface area contributed by atoms with E-state index in [1.807, 2.05) is 6.92 Å². The lowest BCUT2D eigenvalue weighted by atomic mass is 10.2. The van der Waals surface area contributed by atoms with Crippen molar-refractivity contribution in [2.24, 2.45) is 5.73 Å². The first-order valence-electron chi connectivity index (χ1n) is 4.19. The predicted molar refractivity (Wildman–Crippen MR) is 56.3 cm³/mol. The minimum Gasteiger partial charge on any atom is -0.323 e. The van der Waals surface area contributed by atoms with Gasteiger partial charge in [-0.25, -0.2) is 4.98 Å². The number of halogens is 1. The molecule has 0 fully saturated rings. The molecule has 1 amide bonds. The van der Waals surface area contributed by atoms with Crippen molar-refractivity contribution >= 4 is 23.2 Å². The molecule has 4 nitrogen and oxygen atoms in total. The first-order chi connectivity index (χ1) is 6.50. The van der Waals surface area contributed by atoms with E-state index in [2.05, 4.69) is 10.3 Å². The average Bonchev–Trinajstić information content (AvgIpc) is 2.09. The number of rotatable bonds is 2. The molecule has 0 aliphatic rings. The van der Waals surface area contributed by atoms with Crippen LogP contribution in [-0.2, 0) is 4.79 Å². The fourth-order valence-corrected chi connectivity index (χ4v) is 1.11. The molecule has 1 unspecified atom stereocenters. The molecule has 1 rings (SSSR count). The first kappa shape index (κ1) is 10.9. The Hall–Kier alpha value is -1.13. The highest BCUT2D eigenvalue weighted by Gasteiger charge is 2.09. The van der Waals surface area contributed by atoms with E-state index in [0.717, 1.165) is 5.56 Å². The molecule has 76 valence electrons. The number of nitrogens with one attached hydrogen (secondary N) is 1. The third-order valence-electron chi connectivity index (χ3n) is 1.75. The van der Waals surface area contributed by atoms with E-state index in [1.54, 1.807) is 13.0 Å². The molecular weight excluding hydrogens is 202 g/mol. The van der Waals surface area contributed by atoms with Crippen molar-refractivity contribution in [3.05, 3.63) is 23.0 Å². The number of hydrogen-bond acceptors (Lipinski definition) is 3. The maximum Gasteiger partial charge on any atom is 0.241 e. The molecule has 0 aromatic carbocycles. The van der Waals surface area contributed by atoms with Crippen LogP contribution in [0.1, 0.15) is 12.5 Å². The van der Waals surface area contributed by atoms with Crippen LogP contribution >= 0.6 is 11.6 Å². The molecule has 1 aromatic heterocycles. The van der Waals surface area contributed by atoms with Crippen molar-refractivity contribution in [1.29, 1.82) is 0 Å². The number of aromatic nitrogens is 1. The maximum atomic E-state index is 11.3. The molecule has 3 N–H and O–H groups in total.